The molecule has 0 saturated heterocycles. The zero-order valence-corrected chi connectivity index (χ0v) is 13.9. The summed E-state index contributed by atoms with van der Waals surface area (Å²) in [6.45, 7) is 4.32. The molecule has 4 rings (SSSR count). The minimum absolute atomic E-state index is 0. The summed E-state index contributed by atoms with van der Waals surface area (Å²) in [6.07, 6.45) is 3.89. The molecular weight excluding hydrogens is 255 g/mol. The Morgan fingerprint density at radius 1 is 1.10 bits per heavy atom. The van der Waals surface area contributed by atoms with Crippen LogP contribution in [0.2, 0.25) is 0 Å². The zero-order chi connectivity index (χ0) is 13.0. The molecule has 4 aromatic rings. The molecule has 0 unspecified atom stereocenters. The van der Waals surface area contributed by atoms with E-state index in [-0.39, 0.29) is 29.6 Å². The van der Waals surface area contributed by atoms with E-state index < -0.39 is 0 Å². The van der Waals surface area contributed by atoms with Crippen molar-refractivity contribution in [2.75, 3.05) is 0 Å². The molecule has 0 saturated carbocycles. The number of aryl methyl sites for hydroxylation is 2. The molecule has 20 heavy (non-hydrogen) atoms. The smallest absolute Gasteiger partial charge is 0.340 e. The summed E-state index contributed by atoms with van der Waals surface area (Å²) in [5.41, 5.74) is 4.80. The summed E-state index contributed by atoms with van der Waals surface area (Å²) in [7, 11) is 0. The van der Waals surface area contributed by atoms with Crippen LogP contribution in [0.25, 0.3) is 27.3 Å². The molecule has 2 nitrogen and oxygen atoms in total. The first kappa shape index (κ1) is 13.6. The fraction of sp³-hybridized carbons (Fsp3) is 0.118. The van der Waals surface area contributed by atoms with Crippen LogP contribution in [-0.2, 0) is 0 Å². The van der Waals surface area contributed by atoms with E-state index in [9.17, 15) is 0 Å². The number of hydrogen-bond donors (Lipinski definition) is 0. The van der Waals surface area contributed by atoms with Crippen LogP contribution >= 0.6 is 0 Å². The van der Waals surface area contributed by atoms with Crippen molar-refractivity contribution in [1.29, 1.82) is 0 Å². The zero-order valence-electron chi connectivity index (χ0n) is 11.9. The predicted octanol–water partition coefficient (Wildman–Crippen LogP) is 1.06. The Hall–Kier alpha value is -1.35. The predicted molar refractivity (Wildman–Crippen MR) is 78.5 cm³/mol. The molecule has 0 amide bonds. The number of benzene rings is 2. The van der Waals surface area contributed by atoms with Crippen LogP contribution in [0.4, 0.5) is 0 Å². The summed E-state index contributed by atoms with van der Waals surface area (Å²) in [4.78, 5) is 4.50. The van der Waals surface area contributed by atoms with Crippen molar-refractivity contribution in [3.05, 3.63) is 59.9 Å². The van der Waals surface area contributed by atoms with Crippen LogP contribution in [0.15, 0.2) is 42.7 Å². The molecule has 0 bridgehead atoms. The molecule has 92 valence electrons. The summed E-state index contributed by atoms with van der Waals surface area (Å²) in [6, 6.07) is 13.9. The van der Waals surface area contributed by atoms with Gasteiger partial charge in [0.2, 0.25) is 0 Å². The number of pyridine rings is 1. The van der Waals surface area contributed by atoms with Gasteiger partial charge in [0, 0.05) is 17.9 Å². The first-order chi connectivity index (χ1) is 9.27. The second kappa shape index (κ2) is 4.88. The Morgan fingerprint density at radius 3 is 2.75 bits per heavy atom. The van der Waals surface area contributed by atoms with Crippen LogP contribution in [-0.4, -0.2) is 9.38 Å². The number of fused-ring (bicyclic) bond motifs is 6. The molecule has 0 atom stereocenters. The Labute approximate surface area is 139 Å². The minimum atomic E-state index is 0. The SMILES string of the molecule is Cc1ccc(C)c2c1c1ccc[c-]c1c1nccn12.[Na+]. The first-order valence-electron chi connectivity index (χ1n) is 6.43. The molecule has 0 aliphatic rings. The fourth-order valence-electron chi connectivity index (χ4n) is 2.95. The fourth-order valence-corrected chi connectivity index (χ4v) is 2.95. The molecule has 0 spiro atoms. The second-order valence-electron chi connectivity index (χ2n) is 5.00. The Morgan fingerprint density at radius 2 is 1.90 bits per heavy atom. The van der Waals surface area contributed by atoms with Gasteiger partial charge in [0.05, 0.1) is 5.65 Å². The quantitative estimate of drug-likeness (QED) is 0.265. The van der Waals surface area contributed by atoms with Gasteiger partial charge < -0.3 is 4.40 Å². The molecule has 2 aromatic carbocycles. The summed E-state index contributed by atoms with van der Waals surface area (Å²) in [5, 5.41) is 3.63. The molecule has 0 aliphatic carbocycles. The van der Waals surface area contributed by atoms with Gasteiger partial charge in [0.15, 0.2) is 0 Å². The molecule has 0 fully saturated rings. The van der Waals surface area contributed by atoms with Gasteiger partial charge in [-0.05, 0) is 24.8 Å². The van der Waals surface area contributed by atoms with Gasteiger partial charge in [-0.2, -0.15) is 0 Å². The molecule has 0 N–H and O–H groups in total. The van der Waals surface area contributed by atoms with E-state index in [1.165, 1.54) is 27.4 Å². The maximum absolute atomic E-state index is 4.50. The molecule has 0 aliphatic heterocycles. The molecule has 2 heterocycles. The number of nitrogens with zero attached hydrogens (tertiary/aromatic N) is 2. The topological polar surface area (TPSA) is 17.3 Å². The molecule has 3 heteroatoms. The third kappa shape index (κ3) is 1.72. The van der Waals surface area contributed by atoms with E-state index in [0.29, 0.717) is 0 Å². The Bertz CT molecular complexity index is 938. The summed E-state index contributed by atoms with van der Waals surface area (Å²) < 4.78 is 2.18. The van der Waals surface area contributed by atoms with Crippen LogP contribution < -0.4 is 29.6 Å². The van der Waals surface area contributed by atoms with E-state index >= 15 is 0 Å². The minimum Gasteiger partial charge on any atom is -0.340 e. The molecule has 2 aromatic heterocycles. The number of aromatic nitrogens is 2. The number of rotatable bonds is 0. The third-order valence-corrected chi connectivity index (χ3v) is 3.82. The normalized spacial score (nSPS) is 11.1. The van der Waals surface area contributed by atoms with Crippen LogP contribution in [0.5, 0.6) is 0 Å². The van der Waals surface area contributed by atoms with Crippen molar-refractivity contribution in [2.24, 2.45) is 0 Å². The monoisotopic (exact) mass is 268 g/mol. The van der Waals surface area contributed by atoms with Crippen molar-refractivity contribution in [3.63, 3.8) is 0 Å². The van der Waals surface area contributed by atoms with Crippen LogP contribution in [0, 0.1) is 19.9 Å². The van der Waals surface area contributed by atoms with Crippen molar-refractivity contribution in [3.8, 4) is 0 Å². The van der Waals surface area contributed by atoms with Crippen molar-refractivity contribution >= 4 is 27.3 Å². The number of imidazole rings is 1. The van der Waals surface area contributed by atoms with E-state index in [2.05, 4.69) is 47.5 Å². The molecular formula is C17H13N2Na. The van der Waals surface area contributed by atoms with Gasteiger partial charge in [-0.1, -0.05) is 23.1 Å². The molecule has 0 radical (unpaired) electrons. The van der Waals surface area contributed by atoms with E-state index in [1.807, 2.05) is 24.5 Å². The number of hydrogen-bond acceptors (Lipinski definition) is 1. The van der Waals surface area contributed by atoms with Gasteiger partial charge in [0.25, 0.3) is 0 Å². The van der Waals surface area contributed by atoms with Gasteiger partial charge in [0.1, 0.15) is 0 Å². The standard InChI is InChI=1S/C17H13N2.Na/c1-11-7-8-12(2)16-15(11)13-5-3-4-6-14(13)17-18-9-10-19(16)17;/h3-5,7-10H,1-2H3;/q-1;+1. The Kier molecular flexibility index (Phi) is 3.33. The third-order valence-electron chi connectivity index (χ3n) is 3.82. The summed E-state index contributed by atoms with van der Waals surface area (Å²) in [5.74, 6) is 0. The average molecular weight is 268 g/mol. The first-order valence-corrected chi connectivity index (χ1v) is 6.43. The van der Waals surface area contributed by atoms with Crippen molar-refractivity contribution in [1.82, 2.24) is 9.38 Å². The van der Waals surface area contributed by atoms with Gasteiger partial charge in [-0.3, -0.25) is 4.98 Å². The van der Waals surface area contributed by atoms with Crippen LogP contribution in [0.1, 0.15) is 11.1 Å². The largest absolute Gasteiger partial charge is 1.00 e. The maximum atomic E-state index is 4.50. The van der Waals surface area contributed by atoms with Crippen molar-refractivity contribution in [2.45, 2.75) is 13.8 Å². The van der Waals surface area contributed by atoms with Gasteiger partial charge in [-0.25, -0.2) is 0 Å². The van der Waals surface area contributed by atoms with Crippen LogP contribution in [0.3, 0.4) is 0 Å². The second-order valence-corrected chi connectivity index (χ2v) is 5.00. The summed E-state index contributed by atoms with van der Waals surface area (Å²) >= 11 is 0. The van der Waals surface area contributed by atoms with E-state index in [1.54, 1.807) is 0 Å². The van der Waals surface area contributed by atoms with Crippen molar-refractivity contribution < 1.29 is 29.6 Å². The Balaban J connectivity index is 0.00000121. The maximum Gasteiger partial charge on any atom is 1.00 e. The van der Waals surface area contributed by atoms with E-state index in [0.717, 1.165) is 11.0 Å². The van der Waals surface area contributed by atoms with Gasteiger partial charge in [-0.15, -0.1) is 29.7 Å². The van der Waals surface area contributed by atoms with E-state index in [4.69, 9.17) is 0 Å². The average Bonchev–Trinajstić information content (AvgIpc) is 2.91. The van der Waals surface area contributed by atoms with Gasteiger partial charge >= 0.3 is 29.6 Å².